The van der Waals surface area contributed by atoms with E-state index in [9.17, 15) is 4.79 Å². The molecule has 2 N–H and O–H groups in total. The molecule has 0 aliphatic rings. The molecule has 0 aromatic heterocycles. The third kappa shape index (κ3) is 3.06. The zero-order valence-electron chi connectivity index (χ0n) is 7.53. The first-order valence-corrected chi connectivity index (χ1v) is 3.59. The van der Waals surface area contributed by atoms with Crippen LogP contribution in [0.1, 0.15) is 20.8 Å². The number of hydrogen-bond acceptors (Lipinski definition) is 1. The van der Waals surface area contributed by atoms with Crippen molar-refractivity contribution in [2.45, 2.75) is 26.8 Å². The fourth-order valence-corrected chi connectivity index (χ4v) is 0.630. The van der Waals surface area contributed by atoms with Gasteiger partial charge in [-0.3, -0.25) is 0 Å². The molecule has 0 saturated carbocycles. The fourth-order valence-electron chi connectivity index (χ4n) is 0.630. The number of urea groups is 1. The van der Waals surface area contributed by atoms with Crippen molar-refractivity contribution in [1.82, 2.24) is 4.90 Å². The summed E-state index contributed by atoms with van der Waals surface area (Å²) in [6, 6.07) is 1.67. The molecule has 2 amide bonds. The maximum absolute atomic E-state index is 11.1. The maximum atomic E-state index is 11.1. The van der Waals surface area contributed by atoms with Crippen LogP contribution in [0.15, 0.2) is 4.99 Å². The van der Waals surface area contributed by atoms with Gasteiger partial charge in [0.15, 0.2) is 0 Å². The molecular formula is C8H13N3O. The quantitative estimate of drug-likeness (QED) is 0.271. The molecule has 4 heteroatoms. The Balaban J connectivity index is 4.47. The molecule has 0 aliphatic carbocycles. The summed E-state index contributed by atoms with van der Waals surface area (Å²) in [5.74, 6) is 0.209. The Kier molecular flexibility index (Phi) is 3.84. The molecule has 0 atom stereocenters. The fraction of sp³-hybridized carbons (Fsp3) is 0.500. The lowest BCUT2D eigenvalue weighted by Crippen LogP contribution is -2.31. The topological polar surface area (TPSA) is 58.7 Å². The molecule has 66 valence electrons. The van der Waals surface area contributed by atoms with Crippen LogP contribution in [0.4, 0.5) is 4.79 Å². The van der Waals surface area contributed by atoms with Crippen LogP contribution in [-0.2, 0) is 0 Å². The van der Waals surface area contributed by atoms with Gasteiger partial charge in [0.2, 0.25) is 0 Å². The molecule has 0 saturated heterocycles. The van der Waals surface area contributed by atoms with Crippen molar-refractivity contribution in [3.63, 3.8) is 0 Å². The van der Waals surface area contributed by atoms with Crippen molar-refractivity contribution in [1.29, 1.82) is 0 Å². The van der Waals surface area contributed by atoms with Gasteiger partial charge in [0, 0.05) is 12.1 Å². The minimum atomic E-state index is -0.493. The molecule has 12 heavy (non-hydrogen) atoms. The van der Waals surface area contributed by atoms with Crippen LogP contribution in [-0.4, -0.2) is 22.8 Å². The van der Waals surface area contributed by atoms with Crippen molar-refractivity contribution >= 4 is 11.9 Å². The van der Waals surface area contributed by atoms with E-state index in [0.717, 1.165) is 0 Å². The summed E-state index contributed by atoms with van der Waals surface area (Å²) < 4.78 is 0. The van der Waals surface area contributed by atoms with Gasteiger partial charge in [-0.2, -0.15) is 4.99 Å². The molecule has 0 fully saturated rings. The van der Waals surface area contributed by atoms with Crippen LogP contribution >= 0.6 is 0 Å². The number of hydrogen-bond donors (Lipinski definition) is 1. The highest BCUT2D eigenvalue weighted by Crippen LogP contribution is 1.98. The second-order valence-electron chi connectivity index (χ2n) is 2.63. The Bertz CT molecular complexity index is 233. The highest BCUT2D eigenvalue weighted by atomic mass is 16.2. The van der Waals surface area contributed by atoms with E-state index >= 15 is 0 Å². The number of rotatable bonds is 1. The van der Waals surface area contributed by atoms with E-state index in [2.05, 4.69) is 11.0 Å². The number of nitrogens with two attached hydrogens (primary N) is 1. The predicted molar refractivity (Wildman–Crippen MR) is 48.5 cm³/mol. The third-order valence-electron chi connectivity index (χ3n) is 1.13. The van der Waals surface area contributed by atoms with Gasteiger partial charge in [-0.15, -0.1) is 0 Å². The Hall–Kier alpha value is -1.50. The number of aliphatic imine (C=N–C) groups is 1. The normalized spacial score (nSPS) is 11.1. The van der Waals surface area contributed by atoms with Gasteiger partial charge >= 0.3 is 6.03 Å². The van der Waals surface area contributed by atoms with E-state index in [1.54, 1.807) is 13.8 Å². The van der Waals surface area contributed by atoms with E-state index in [0.29, 0.717) is 0 Å². The van der Waals surface area contributed by atoms with Gasteiger partial charge in [-0.25, -0.2) is 9.69 Å². The lowest BCUT2D eigenvalue weighted by molar-refractivity contribution is 0.220. The largest absolute Gasteiger partial charge is 0.387 e. The molecule has 0 radical (unpaired) electrons. The number of carbonyl (C=O) groups excluding carboxylic acids is 1. The molecule has 0 heterocycles. The van der Waals surface area contributed by atoms with Crippen LogP contribution in [0, 0.1) is 12.5 Å². The summed E-state index contributed by atoms with van der Waals surface area (Å²) in [6.07, 6.45) is 5.10. The minimum absolute atomic E-state index is 0.0643. The summed E-state index contributed by atoms with van der Waals surface area (Å²) in [7, 11) is 0. The smallest absolute Gasteiger partial charge is 0.357 e. The van der Waals surface area contributed by atoms with Crippen molar-refractivity contribution < 1.29 is 4.79 Å². The minimum Gasteiger partial charge on any atom is -0.387 e. The lowest BCUT2D eigenvalue weighted by atomic mass is 10.3. The molecule has 0 bridgehead atoms. The zero-order valence-corrected chi connectivity index (χ0v) is 7.53. The van der Waals surface area contributed by atoms with E-state index in [4.69, 9.17) is 12.2 Å². The predicted octanol–water partition coefficient (Wildman–Crippen LogP) is 0.785. The van der Waals surface area contributed by atoms with Crippen LogP contribution in [0.25, 0.3) is 0 Å². The van der Waals surface area contributed by atoms with E-state index in [1.165, 1.54) is 11.8 Å². The van der Waals surface area contributed by atoms with Gasteiger partial charge in [0.25, 0.3) is 0 Å². The molecule has 0 aromatic rings. The number of terminal acetylenes is 1. The highest BCUT2D eigenvalue weighted by molar-refractivity contribution is 5.92. The highest BCUT2D eigenvalue weighted by Gasteiger charge is 2.12. The van der Waals surface area contributed by atoms with Crippen molar-refractivity contribution in [2.75, 3.05) is 0 Å². The first-order chi connectivity index (χ1) is 5.49. The Morgan fingerprint density at radius 2 is 2.17 bits per heavy atom. The summed E-state index contributed by atoms with van der Waals surface area (Å²) in [6.45, 7) is 5.14. The Morgan fingerprint density at radius 3 is 2.42 bits per heavy atom. The summed E-state index contributed by atoms with van der Waals surface area (Å²) in [4.78, 5) is 15.8. The second-order valence-corrected chi connectivity index (χ2v) is 2.63. The van der Waals surface area contributed by atoms with Gasteiger partial charge in [-0.05, 0) is 20.8 Å². The molecule has 0 aromatic carbocycles. The second kappa shape index (κ2) is 4.39. The Labute approximate surface area is 72.4 Å². The SMILES string of the molecule is C#CN(C(=O)N=C(C)N)C(C)C. The van der Waals surface area contributed by atoms with Crippen molar-refractivity contribution in [3.05, 3.63) is 0 Å². The van der Waals surface area contributed by atoms with Crippen LogP contribution in [0.5, 0.6) is 0 Å². The zero-order chi connectivity index (χ0) is 9.72. The monoisotopic (exact) mass is 167 g/mol. The molecule has 4 nitrogen and oxygen atoms in total. The number of nitrogens with zero attached hydrogens (tertiary/aromatic N) is 2. The average Bonchev–Trinajstić information content (AvgIpc) is 1.85. The average molecular weight is 167 g/mol. The van der Waals surface area contributed by atoms with Crippen molar-refractivity contribution in [2.24, 2.45) is 10.7 Å². The van der Waals surface area contributed by atoms with Crippen molar-refractivity contribution in [3.8, 4) is 12.5 Å². The molecule has 0 unspecified atom stereocenters. The van der Waals surface area contributed by atoms with E-state index in [-0.39, 0.29) is 11.9 Å². The molecular weight excluding hydrogens is 154 g/mol. The van der Waals surface area contributed by atoms with E-state index in [1.807, 2.05) is 0 Å². The molecule has 0 aliphatic heterocycles. The maximum Gasteiger partial charge on any atom is 0.357 e. The summed E-state index contributed by atoms with van der Waals surface area (Å²) in [5, 5.41) is 0. The number of amides is 2. The van der Waals surface area contributed by atoms with Gasteiger partial charge < -0.3 is 5.73 Å². The van der Waals surface area contributed by atoms with Crippen LogP contribution < -0.4 is 5.73 Å². The van der Waals surface area contributed by atoms with Gasteiger partial charge in [-0.1, -0.05) is 6.42 Å². The third-order valence-corrected chi connectivity index (χ3v) is 1.13. The van der Waals surface area contributed by atoms with Gasteiger partial charge in [0.05, 0.1) is 0 Å². The summed E-state index contributed by atoms with van der Waals surface area (Å²) in [5.41, 5.74) is 5.22. The number of carbonyl (C=O) groups is 1. The Morgan fingerprint density at radius 1 is 1.67 bits per heavy atom. The van der Waals surface area contributed by atoms with E-state index < -0.39 is 6.03 Å². The first-order valence-electron chi connectivity index (χ1n) is 3.59. The van der Waals surface area contributed by atoms with Crippen LogP contribution in [0.3, 0.4) is 0 Å². The van der Waals surface area contributed by atoms with Gasteiger partial charge in [0.1, 0.15) is 5.84 Å². The van der Waals surface area contributed by atoms with Crippen LogP contribution in [0.2, 0.25) is 0 Å². The molecule has 0 spiro atoms. The standard InChI is InChI=1S/C8H13N3O/c1-5-11(6(2)3)8(12)10-7(4)9/h1,6H,2-4H3,(H2,9,10,12). The lowest BCUT2D eigenvalue weighted by Gasteiger charge is -2.16. The first kappa shape index (κ1) is 10.5. The number of amidine groups is 1. The summed E-state index contributed by atoms with van der Waals surface area (Å²) >= 11 is 0. The molecule has 0 rings (SSSR count).